The minimum atomic E-state index is 0.783. The number of hydrogen-bond acceptors (Lipinski definition) is 2. The van der Waals surface area contributed by atoms with Gasteiger partial charge in [0, 0.05) is 37.9 Å². The summed E-state index contributed by atoms with van der Waals surface area (Å²) in [6, 6.07) is 11.7. The molecule has 80 valence electrons. The van der Waals surface area contributed by atoms with Crippen molar-refractivity contribution in [2.24, 2.45) is 0 Å². The Balaban J connectivity index is 1.86. The average molecular weight is 202 g/mol. The van der Waals surface area contributed by atoms with Crippen molar-refractivity contribution in [3.05, 3.63) is 30.3 Å². The molecule has 0 spiro atoms. The average Bonchev–Trinajstić information content (AvgIpc) is 2.63. The van der Waals surface area contributed by atoms with Crippen LogP contribution in [0.25, 0.3) is 0 Å². The summed E-state index contributed by atoms with van der Waals surface area (Å²) in [5.41, 5.74) is 1.41. The van der Waals surface area contributed by atoms with Gasteiger partial charge >= 0.3 is 0 Å². The molecule has 1 aromatic rings. The summed E-state index contributed by atoms with van der Waals surface area (Å²) in [6.45, 7) is 5.04. The molecule has 2 heteroatoms. The lowest BCUT2D eigenvalue weighted by atomic mass is 10.0. The quantitative estimate of drug-likeness (QED) is 0.687. The topological polar surface area (TPSA) is 6.48 Å². The first-order valence-corrected chi connectivity index (χ1v) is 5.97. The van der Waals surface area contributed by atoms with Crippen molar-refractivity contribution in [2.75, 3.05) is 31.1 Å². The van der Waals surface area contributed by atoms with Crippen LogP contribution in [0.15, 0.2) is 30.3 Å². The van der Waals surface area contributed by atoms with E-state index in [0.717, 1.165) is 6.04 Å². The first kappa shape index (κ1) is 9.22. The molecule has 3 fully saturated rings. The van der Waals surface area contributed by atoms with Crippen molar-refractivity contribution in [3.63, 3.8) is 0 Å². The Hall–Kier alpha value is -1.02. The molecule has 0 radical (unpaired) electrons. The van der Waals surface area contributed by atoms with Gasteiger partial charge in [-0.2, -0.15) is 0 Å². The Morgan fingerprint density at radius 1 is 0.867 bits per heavy atom. The van der Waals surface area contributed by atoms with Crippen LogP contribution < -0.4 is 4.90 Å². The largest absolute Gasteiger partial charge is 0.367 e. The third-order valence-electron chi connectivity index (χ3n) is 3.74. The van der Waals surface area contributed by atoms with E-state index in [1.807, 2.05) is 0 Å². The van der Waals surface area contributed by atoms with Crippen molar-refractivity contribution in [2.45, 2.75) is 18.9 Å². The van der Waals surface area contributed by atoms with Gasteiger partial charge in [-0.05, 0) is 25.0 Å². The highest BCUT2D eigenvalue weighted by Gasteiger charge is 2.28. The summed E-state index contributed by atoms with van der Waals surface area (Å²) in [7, 11) is 0. The second-order valence-electron chi connectivity index (χ2n) is 4.60. The molecule has 3 saturated heterocycles. The lowest BCUT2D eigenvalue weighted by Crippen LogP contribution is -2.37. The van der Waals surface area contributed by atoms with Gasteiger partial charge in [0.15, 0.2) is 0 Å². The number of piperidine rings is 1. The van der Waals surface area contributed by atoms with Gasteiger partial charge in [-0.3, -0.25) is 0 Å². The number of anilines is 1. The standard InChI is InChI=1S/C13H18N2/c1-2-4-12(5-3-1)15-11-10-14-8-6-13(15)7-9-14/h1-5,13H,6-11H2. The van der Waals surface area contributed by atoms with Gasteiger partial charge in [-0.25, -0.2) is 0 Å². The van der Waals surface area contributed by atoms with Crippen molar-refractivity contribution in [1.29, 1.82) is 0 Å². The maximum atomic E-state index is 2.60. The van der Waals surface area contributed by atoms with Crippen LogP contribution in [0.2, 0.25) is 0 Å². The summed E-state index contributed by atoms with van der Waals surface area (Å²) < 4.78 is 0. The molecule has 0 aromatic heterocycles. The zero-order valence-electron chi connectivity index (χ0n) is 9.10. The molecule has 4 rings (SSSR count). The Bertz CT molecular complexity index is 315. The SMILES string of the molecule is c1ccc(N2CCN3CCC2CC3)cc1. The number of benzene rings is 1. The van der Waals surface area contributed by atoms with Crippen LogP contribution in [0.3, 0.4) is 0 Å². The summed E-state index contributed by atoms with van der Waals surface area (Å²) >= 11 is 0. The molecule has 0 amide bonds. The van der Waals surface area contributed by atoms with E-state index in [4.69, 9.17) is 0 Å². The van der Waals surface area contributed by atoms with Gasteiger partial charge in [0.25, 0.3) is 0 Å². The van der Waals surface area contributed by atoms with E-state index in [0.29, 0.717) is 0 Å². The summed E-state index contributed by atoms with van der Waals surface area (Å²) in [5, 5.41) is 0. The molecule has 0 aliphatic carbocycles. The Kier molecular flexibility index (Phi) is 2.37. The van der Waals surface area contributed by atoms with E-state index >= 15 is 0 Å². The van der Waals surface area contributed by atoms with Crippen molar-refractivity contribution < 1.29 is 0 Å². The van der Waals surface area contributed by atoms with E-state index in [1.165, 1.54) is 44.7 Å². The van der Waals surface area contributed by atoms with E-state index < -0.39 is 0 Å². The minimum absolute atomic E-state index is 0.783. The summed E-state index contributed by atoms with van der Waals surface area (Å²) in [6.07, 6.45) is 2.68. The van der Waals surface area contributed by atoms with Crippen LogP contribution in [-0.2, 0) is 0 Å². The van der Waals surface area contributed by atoms with Gasteiger partial charge in [0.1, 0.15) is 0 Å². The summed E-state index contributed by atoms with van der Waals surface area (Å²) in [5.74, 6) is 0. The highest BCUT2D eigenvalue weighted by atomic mass is 15.3. The van der Waals surface area contributed by atoms with Crippen LogP contribution in [0.5, 0.6) is 0 Å². The Morgan fingerprint density at radius 3 is 2.33 bits per heavy atom. The molecule has 3 heterocycles. The lowest BCUT2D eigenvalue weighted by Gasteiger charge is -2.32. The zero-order valence-corrected chi connectivity index (χ0v) is 9.10. The molecule has 0 saturated carbocycles. The second kappa shape index (κ2) is 3.86. The third-order valence-corrected chi connectivity index (χ3v) is 3.74. The van der Waals surface area contributed by atoms with Gasteiger partial charge in [-0.15, -0.1) is 0 Å². The Morgan fingerprint density at radius 2 is 1.60 bits per heavy atom. The van der Waals surface area contributed by atoms with Crippen LogP contribution in [0, 0.1) is 0 Å². The van der Waals surface area contributed by atoms with Crippen LogP contribution >= 0.6 is 0 Å². The predicted octanol–water partition coefficient (Wildman–Crippen LogP) is 1.97. The van der Waals surface area contributed by atoms with Gasteiger partial charge < -0.3 is 9.80 Å². The van der Waals surface area contributed by atoms with Gasteiger partial charge in [-0.1, -0.05) is 18.2 Å². The normalized spacial score (nSPS) is 30.3. The molecule has 15 heavy (non-hydrogen) atoms. The van der Waals surface area contributed by atoms with Gasteiger partial charge in [0.2, 0.25) is 0 Å². The number of hydrogen-bond donors (Lipinski definition) is 0. The van der Waals surface area contributed by atoms with E-state index in [9.17, 15) is 0 Å². The lowest BCUT2D eigenvalue weighted by molar-refractivity contribution is 0.250. The third kappa shape index (κ3) is 1.74. The zero-order chi connectivity index (χ0) is 10.1. The fourth-order valence-electron chi connectivity index (χ4n) is 2.85. The summed E-state index contributed by atoms with van der Waals surface area (Å²) in [4.78, 5) is 5.20. The fraction of sp³-hybridized carbons (Fsp3) is 0.538. The van der Waals surface area contributed by atoms with E-state index in [2.05, 4.69) is 40.1 Å². The first-order chi connectivity index (χ1) is 7.43. The molecule has 3 aliphatic heterocycles. The van der Waals surface area contributed by atoms with Crippen molar-refractivity contribution in [3.8, 4) is 0 Å². The molecular formula is C13H18N2. The predicted molar refractivity (Wildman–Crippen MR) is 63.3 cm³/mol. The minimum Gasteiger partial charge on any atom is -0.367 e. The molecule has 3 aliphatic rings. The monoisotopic (exact) mass is 202 g/mol. The van der Waals surface area contributed by atoms with Gasteiger partial charge in [0.05, 0.1) is 0 Å². The molecule has 0 unspecified atom stereocenters. The molecule has 0 atom stereocenters. The maximum Gasteiger partial charge on any atom is 0.0369 e. The van der Waals surface area contributed by atoms with Crippen LogP contribution in [0.4, 0.5) is 5.69 Å². The maximum absolute atomic E-state index is 2.60. The van der Waals surface area contributed by atoms with Crippen LogP contribution in [-0.4, -0.2) is 37.1 Å². The van der Waals surface area contributed by atoms with Crippen molar-refractivity contribution in [1.82, 2.24) is 4.90 Å². The number of rotatable bonds is 1. The second-order valence-corrected chi connectivity index (χ2v) is 4.60. The number of para-hydroxylation sites is 1. The fourth-order valence-corrected chi connectivity index (χ4v) is 2.85. The highest BCUT2D eigenvalue weighted by Crippen LogP contribution is 2.26. The molecule has 2 nitrogen and oxygen atoms in total. The highest BCUT2D eigenvalue weighted by molar-refractivity contribution is 5.47. The first-order valence-electron chi connectivity index (χ1n) is 5.97. The number of fused-ring (bicyclic) bond motifs is 4. The smallest absolute Gasteiger partial charge is 0.0369 e. The molecular weight excluding hydrogens is 184 g/mol. The number of nitrogens with zero attached hydrogens (tertiary/aromatic N) is 2. The molecule has 2 bridgehead atoms. The Labute approximate surface area is 91.5 Å². The molecule has 0 N–H and O–H groups in total. The van der Waals surface area contributed by atoms with E-state index in [1.54, 1.807) is 0 Å². The van der Waals surface area contributed by atoms with E-state index in [-0.39, 0.29) is 0 Å². The van der Waals surface area contributed by atoms with Crippen molar-refractivity contribution >= 4 is 5.69 Å². The van der Waals surface area contributed by atoms with Crippen LogP contribution in [0.1, 0.15) is 12.8 Å². The molecule has 1 aromatic carbocycles.